The van der Waals surface area contributed by atoms with E-state index < -0.39 is 11.4 Å². The number of aldehydes is 1. The van der Waals surface area contributed by atoms with Gasteiger partial charge in [0.05, 0.1) is 6.61 Å². The maximum absolute atomic E-state index is 11.9. The summed E-state index contributed by atoms with van der Waals surface area (Å²) >= 11 is 0. The minimum absolute atomic E-state index is 0.0564. The Hall–Kier alpha value is -1.19. The lowest BCUT2D eigenvalue weighted by atomic mass is 9.70. The summed E-state index contributed by atoms with van der Waals surface area (Å²) in [5.74, 6) is -0.499. The minimum atomic E-state index is -1.03. The van der Waals surface area contributed by atoms with Gasteiger partial charge in [0.15, 0.2) is 0 Å². The zero-order valence-corrected chi connectivity index (χ0v) is 9.66. The second-order valence-electron chi connectivity index (χ2n) is 4.14. The Morgan fingerprint density at radius 2 is 2.25 bits per heavy atom. The van der Waals surface area contributed by atoms with Gasteiger partial charge in [-0.25, -0.2) is 0 Å². The second-order valence-corrected chi connectivity index (χ2v) is 4.14. The van der Waals surface area contributed by atoms with Crippen LogP contribution < -0.4 is 0 Å². The van der Waals surface area contributed by atoms with E-state index >= 15 is 0 Å². The van der Waals surface area contributed by atoms with Crippen LogP contribution in [-0.4, -0.2) is 24.6 Å². The van der Waals surface area contributed by atoms with Crippen molar-refractivity contribution in [2.45, 2.75) is 45.4 Å². The first kappa shape index (κ1) is 12.9. The van der Waals surface area contributed by atoms with E-state index in [1.807, 2.05) is 0 Å². The van der Waals surface area contributed by atoms with E-state index in [0.717, 1.165) is 19.1 Å². The molecule has 1 fully saturated rings. The SMILES string of the molecule is CCOC(=O)C1(CCC=O)CCCCC1=O. The van der Waals surface area contributed by atoms with E-state index in [0.29, 0.717) is 19.3 Å². The smallest absolute Gasteiger partial charge is 0.319 e. The van der Waals surface area contributed by atoms with Crippen LogP contribution in [-0.2, 0) is 19.1 Å². The molecule has 0 N–H and O–H groups in total. The summed E-state index contributed by atoms with van der Waals surface area (Å²) in [5.41, 5.74) is -1.03. The normalized spacial score (nSPS) is 25.2. The van der Waals surface area contributed by atoms with E-state index in [2.05, 4.69) is 0 Å². The summed E-state index contributed by atoms with van der Waals surface area (Å²) in [7, 11) is 0. The van der Waals surface area contributed by atoms with Crippen molar-refractivity contribution in [2.24, 2.45) is 5.41 Å². The molecule has 0 aromatic rings. The summed E-state index contributed by atoms with van der Waals surface area (Å²) in [5, 5.41) is 0. The average Bonchev–Trinajstić information content (AvgIpc) is 2.28. The molecule has 0 saturated heterocycles. The molecular weight excluding hydrogens is 208 g/mol. The molecule has 16 heavy (non-hydrogen) atoms. The lowest BCUT2D eigenvalue weighted by Crippen LogP contribution is -2.43. The van der Waals surface area contributed by atoms with E-state index in [1.165, 1.54) is 0 Å². The molecular formula is C12H18O4. The largest absolute Gasteiger partial charge is 0.465 e. The number of ether oxygens (including phenoxy) is 1. The number of carbonyl (C=O) groups excluding carboxylic acids is 3. The van der Waals surface area contributed by atoms with Crippen molar-refractivity contribution in [3.8, 4) is 0 Å². The van der Waals surface area contributed by atoms with Crippen molar-refractivity contribution >= 4 is 18.0 Å². The van der Waals surface area contributed by atoms with Gasteiger partial charge in [-0.15, -0.1) is 0 Å². The Bertz CT molecular complexity index is 285. The maximum atomic E-state index is 11.9. The summed E-state index contributed by atoms with van der Waals surface area (Å²) in [6.45, 7) is 1.99. The van der Waals surface area contributed by atoms with Crippen LogP contribution in [0.2, 0.25) is 0 Å². The van der Waals surface area contributed by atoms with Crippen LogP contribution in [0.15, 0.2) is 0 Å². The third-order valence-corrected chi connectivity index (χ3v) is 3.15. The molecule has 0 aliphatic heterocycles. The van der Waals surface area contributed by atoms with Gasteiger partial charge in [-0.05, 0) is 26.2 Å². The highest BCUT2D eigenvalue weighted by Gasteiger charge is 2.47. The highest BCUT2D eigenvalue weighted by atomic mass is 16.5. The molecule has 0 bridgehead atoms. The van der Waals surface area contributed by atoms with Crippen LogP contribution in [0.3, 0.4) is 0 Å². The number of hydrogen-bond acceptors (Lipinski definition) is 4. The molecule has 1 saturated carbocycles. The minimum Gasteiger partial charge on any atom is -0.465 e. The quantitative estimate of drug-likeness (QED) is 0.406. The number of ketones is 1. The van der Waals surface area contributed by atoms with Crippen LogP contribution in [0, 0.1) is 5.41 Å². The molecule has 4 heteroatoms. The molecule has 1 aliphatic carbocycles. The first-order valence-corrected chi connectivity index (χ1v) is 5.81. The number of Topliss-reactive ketones (excluding diaryl/α,β-unsaturated/α-hetero) is 1. The number of esters is 1. The van der Waals surface area contributed by atoms with Crippen LogP contribution in [0.25, 0.3) is 0 Å². The molecule has 1 unspecified atom stereocenters. The molecule has 90 valence electrons. The van der Waals surface area contributed by atoms with E-state index in [1.54, 1.807) is 6.92 Å². The van der Waals surface area contributed by atoms with Crippen molar-refractivity contribution in [3.63, 3.8) is 0 Å². The number of hydrogen-bond donors (Lipinski definition) is 0. The molecule has 0 spiro atoms. The van der Waals surface area contributed by atoms with Gasteiger partial charge in [-0.1, -0.05) is 6.42 Å². The predicted octanol–water partition coefficient (Wildman–Crippen LogP) is 1.66. The molecule has 0 aromatic carbocycles. The number of carbonyl (C=O) groups is 3. The Kier molecular flexibility index (Phi) is 4.65. The monoisotopic (exact) mass is 226 g/mol. The highest BCUT2D eigenvalue weighted by Crippen LogP contribution is 2.38. The van der Waals surface area contributed by atoms with Crippen molar-refractivity contribution < 1.29 is 19.1 Å². The zero-order chi connectivity index (χ0) is 12.0. The van der Waals surface area contributed by atoms with Crippen LogP contribution in [0.5, 0.6) is 0 Å². The fourth-order valence-corrected chi connectivity index (χ4v) is 2.25. The Labute approximate surface area is 95.3 Å². The van der Waals surface area contributed by atoms with Crippen molar-refractivity contribution in [2.75, 3.05) is 6.61 Å². The summed E-state index contributed by atoms with van der Waals surface area (Å²) in [6, 6.07) is 0. The third kappa shape index (κ3) is 2.49. The van der Waals surface area contributed by atoms with Gasteiger partial charge in [-0.2, -0.15) is 0 Å². The van der Waals surface area contributed by atoms with Gasteiger partial charge in [-0.3, -0.25) is 9.59 Å². The molecule has 1 aliphatic rings. The van der Waals surface area contributed by atoms with Crippen molar-refractivity contribution in [1.29, 1.82) is 0 Å². The Morgan fingerprint density at radius 1 is 1.50 bits per heavy atom. The van der Waals surface area contributed by atoms with Gasteiger partial charge in [0, 0.05) is 12.8 Å². The lowest BCUT2D eigenvalue weighted by Gasteiger charge is -2.32. The van der Waals surface area contributed by atoms with Crippen molar-refractivity contribution in [1.82, 2.24) is 0 Å². The van der Waals surface area contributed by atoms with Gasteiger partial charge in [0.2, 0.25) is 0 Å². The first-order valence-electron chi connectivity index (χ1n) is 5.81. The maximum Gasteiger partial charge on any atom is 0.319 e. The molecule has 0 heterocycles. The topological polar surface area (TPSA) is 60.4 Å². The fraction of sp³-hybridized carbons (Fsp3) is 0.750. The van der Waals surface area contributed by atoms with Crippen molar-refractivity contribution in [3.05, 3.63) is 0 Å². The molecule has 1 rings (SSSR count). The van der Waals surface area contributed by atoms with Gasteiger partial charge < -0.3 is 9.53 Å². The summed E-state index contributed by atoms with van der Waals surface area (Å²) in [6.07, 6.45) is 3.93. The molecule has 0 radical (unpaired) electrons. The molecule has 4 nitrogen and oxygen atoms in total. The molecule has 1 atom stereocenters. The number of rotatable bonds is 5. The third-order valence-electron chi connectivity index (χ3n) is 3.15. The Balaban J connectivity index is 2.85. The van der Waals surface area contributed by atoms with E-state index in [-0.39, 0.29) is 18.8 Å². The summed E-state index contributed by atoms with van der Waals surface area (Å²) < 4.78 is 4.98. The predicted molar refractivity (Wildman–Crippen MR) is 57.8 cm³/mol. The molecule has 0 aromatic heterocycles. The zero-order valence-electron chi connectivity index (χ0n) is 9.66. The van der Waals surface area contributed by atoms with E-state index in [9.17, 15) is 14.4 Å². The summed E-state index contributed by atoms with van der Waals surface area (Å²) in [4.78, 5) is 34.2. The highest BCUT2D eigenvalue weighted by molar-refractivity contribution is 6.04. The molecule has 0 amide bonds. The van der Waals surface area contributed by atoms with Gasteiger partial charge >= 0.3 is 5.97 Å². The lowest BCUT2D eigenvalue weighted by molar-refractivity contribution is -0.162. The Morgan fingerprint density at radius 3 is 2.81 bits per heavy atom. The van der Waals surface area contributed by atoms with Crippen LogP contribution >= 0.6 is 0 Å². The van der Waals surface area contributed by atoms with E-state index in [4.69, 9.17) is 4.74 Å². The van der Waals surface area contributed by atoms with Gasteiger partial charge in [0.1, 0.15) is 17.5 Å². The first-order chi connectivity index (χ1) is 7.67. The second kappa shape index (κ2) is 5.77. The van der Waals surface area contributed by atoms with Crippen LogP contribution in [0.1, 0.15) is 45.4 Å². The fourth-order valence-electron chi connectivity index (χ4n) is 2.25. The van der Waals surface area contributed by atoms with Gasteiger partial charge in [0.25, 0.3) is 0 Å². The standard InChI is InChI=1S/C12H18O4/c1-2-16-11(15)12(8-5-9-13)7-4-3-6-10(12)14/h9H,2-8H2,1H3. The average molecular weight is 226 g/mol. The van der Waals surface area contributed by atoms with Crippen LogP contribution in [0.4, 0.5) is 0 Å².